The molecule has 0 radical (unpaired) electrons. The summed E-state index contributed by atoms with van der Waals surface area (Å²) in [7, 11) is 0. The number of aromatic nitrogens is 4. The zero-order chi connectivity index (χ0) is 12.1. The standard InChI is InChI=1S/C6H8N6O4/c7-3(13)1-12(2-4(14)15)6(16)5-8-10-11-9-5/h1-2H2,(H2,7,13)(H,14,15)(H,8,9,10,11). The van der Waals surface area contributed by atoms with Crippen LogP contribution in [-0.4, -0.2) is 61.5 Å². The molecule has 86 valence electrons. The Morgan fingerprint density at radius 2 is 2.06 bits per heavy atom. The van der Waals surface area contributed by atoms with Gasteiger partial charge in [-0.3, -0.25) is 14.4 Å². The van der Waals surface area contributed by atoms with Crippen molar-refractivity contribution in [2.45, 2.75) is 0 Å². The summed E-state index contributed by atoms with van der Waals surface area (Å²) in [4.78, 5) is 33.3. The number of nitrogens with two attached hydrogens (primary N) is 1. The second-order valence-electron chi connectivity index (χ2n) is 2.76. The fraction of sp³-hybridized carbons (Fsp3) is 0.333. The maximum Gasteiger partial charge on any atom is 0.323 e. The van der Waals surface area contributed by atoms with Crippen LogP contribution in [0.3, 0.4) is 0 Å². The first-order valence-corrected chi connectivity index (χ1v) is 4.03. The molecule has 0 fully saturated rings. The van der Waals surface area contributed by atoms with E-state index in [0.717, 1.165) is 0 Å². The summed E-state index contributed by atoms with van der Waals surface area (Å²) in [5, 5.41) is 20.4. The van der Waals surface area contributed by atoms with Gasteiger partial charge in [0.15, 0.2) is 0 Å². The Hall–Kier alpha value is -2.52. The molecule has 0 saturated heterocycles. The van der Waals surface area contributed by atoms with Crippen molar-refractivity contribution in [2.75, 3.05) is 13.1 Å². The van der Waals surface area contributed by atoms with Crippen LogP contribution in [0.4, 0.5) is 0 Å². The van der Waals surface area contributed by atoms with Crippen LogP contribution in [0.5, 0.6) is 0 Å². The molecule has 4 N–H and O–H groups in total. The normalized spacial score (nSPS) is 9.75. The molecule has 0 atom stereocenters. The maximum absolute atomic E-state index is 11.5. The SMILES string of the molecule is NC(=O)CN(CC(=O)O)C(=O)c1nn[nH]n1. The van der Waals surface area contributed by atoms with Gasteiger partial charge in [-0.1, -0.05) is 0 Å². The number of carbonyl (C=O) groups is 3. The zero-order valence-corrected chi connectivity index (χ0v) is 7.95. The lowest BCUT2D eigenvalue weighted by Crippen LogP contribution is -2.42. The van der Waals surface area contributed by atoms with E-state index in [0.29, 0.717) is 4.90 Å². The first-order valence-electron chi connectivity index (χ1n) is 4.03. The summed E-state index contributed by atoms with van der Waals surface area (Å²) in [6.07, 6.45) is 0. The maximum atomic E-state index is 11.5. The van der Waals surface area contributed by atoms with Gasteiger partial charge in [0.1, 0.15) is 13.1 Å². The van der Waals surface area contributed by atoms with Crippen LogP contribution in [-0.2, 0) is 9.59 Å². The number of carbonyl (C=O) groups excluding carboxylic acids is 2. The van der Waals surface area contributed by atoms with Crippen molar-refractivity contribution in [3.63, 3.8) is 0 Å². The average Bonchev–Trinajstić information content (AvgIpc) is 2.66. The molecule has 10 heteroatoms. The molecule has 0 aliphatic carbocycles. The van der Waals surface area contributed by atoms with E-state index in [-0.39, 0.29) is 5.82 Å². The largest absolute Gasteiger partial charge is 0.480 e. The number of primary amides is 1. The molecule has 0 aliphatic heterocycles. The summed E-state index contributed by atoms with van der Waals surface area (Å²) in [5.74, 6) is -3.28. The Balaban J connectivity index is 2.79. The molecule has 0 aromatic carbocycles. The van der Waals surface area contributed by atoms with Crippen molar-refractivity contribution >= 4 is 17.8 Å². The van der Waals surface area contributed by atoms with E-state index in [1.165, 1.54) is 0 Å². The Morgan fingerprint density at radius 1 is 1.38 bits per heavy atom. The smallest absolute Gasteiger partial charge is 0.323 e. The number of carboxylic acid groups (broad SMARTS) is 1. The first-order chi connectivity index (χ1) is 7.50. The van der Waals surface area contributed by atoms with Crippen LogP contribution < -0.4 is 5.73 Å². The van der Waals surface area contributed by atoms with Gasteiger partial charge in [-0.2, -0.15) is 5.21 Å². The van der Waals surface area contributed by atoms with Crippen molar-refractivity contribution in [2.24, 2.45) is 5.73 Å². The van der Waals surface area contributed by atoms with E-state index in [1.807, 2.05) is 5.21 Å². The van der Waals surface area contributed by atoms with Gasteiger partial charge >= 0.3 is 5.97 Å². The fourth-order valence-corrected chi connectivity index (χ4v) is 0.945. The van der Waals surface area contributed by atoms with Gasteiger partial charge in [-0.25, -0.2) is 0 Å². The third-order valence-corrected chi connectivity index (χ3v) is 1.50. The number of amides is 2. The minimum absolute atomic E-state index is 0.331. The van der Waals surface area contributed by atoms with Crippen molar-refractivity contribution in [1.29, 1.82) is 0 Å². The van der Waals surface area contributed by atoms with Gasteiger partial charge in [0, 0.05) is 0 Å². The minimum Gasteiger partial charge on any atom is -0.480 e. The summed E-state index contributed by atoms with van der Waals surface area (Å²) in [6.45, 7) is -1.20. The zero-order valence-electron chi connectivity index (χ0n) is 7.95. The van der Waals surface area contributed by atoms with E-state index in [1.54, 1.807) is 0 Å². The predicted octanol–water partition coefficient (Wildman–Crippen LogP) is -2.79. The van der Waals surface area contributed by atoms with E-state index < -0.39 is 30.9 Å². The molecule has 0 unspecified atom stereocenters. The number of hydrogen-bond acceptors (Lipinski definition) is 6. The van der Waals surface area contributed by atoms with E-state index >= 15 is 0 Å². The van der Waals surface area contributed by atoms with Gasteiger partial charge in [0.2, 0.25) is 5.91 Å². The molecule has 0 saturated carbocycles. The molecule has 1 rings (SSSR count). The van der Waals surface area contributed by atoms with E-state index in [9.17, 15) is 14.4 Å². The highest BCUT2D eigenvalue weighted by Crippen LogP contribution is 1.96. The highest BCUT2D eigenvalue weighted by molar-refractivity contribution is 5.94. The minimum atomic E-state index is -1.28. The molecule has 0 spiro atoms. The molecular formula is C6H8N6O4. The number of tetrazole rings is 1. The molecule has 0 bridgehead atoms. The fourth-order valence-electron chi connectivity index (χ4n) is 0.945. The summed E-state index contributed by atoms with van der Waals surface area (Å²) in [6, 6.07) is 0. The summed E-state index contributed by atoms with van der Waals surface area (Å²) >= 11 is 0. The molecule has 2 amide bonds. The molecule has 16 heavy (non-hydrogen) atoms. The number of nitrogens with zero attached hydrogens (tertiary/aromatic N) is 4. The third kappa shape index (κ3) is 3.01. The third-order valence-electron chi connectivity index (χ3n) is 1.50. The van der Waals surface area contributed by atoms with Crippen LogP contribution in [0.2, 0.25) is 0 Å². The van der Waals surface area contributed by atoms with Gasteiger partial charge in [-0.15, -0.1) is 10.2 Å². The second kappa shape index (κ2) is 4.82. The molecule has 0 aliphatic rings. The van der Waals surface area contributed by atoms with Crippen molar-refractivity contribution in [3.05, 3.63) is 5.82 Å². The molecular weight excluding hydrogens is 220 g/mol. The first kappa shape index (κ1) is 11.6. The Morgan fingerprint density at radius 3 is 2.50 bits per heavy atom. The van der Waals surface area contributed by atoms with Crippen LogP contribution >= 0.6 is 0 Å². The van der Waals surface area contributed by atoms with Crippen molar-refractivity contribution in [1.82, 2.24) is 25.5 Å². The predicted molar refractivity (Wildman–Crippen MR) is 46.9 cm³/mol. The second-order valence-corrected chi connectivity index (χ2v) is 2.76. The lowest BCUT2D eigenvalue weighted by Gasteiger charge is -2.16. The van der Waals surface area contributed by atoms with Gasteiger partial charge in [0.05, 0.1) is 0 Å². The number of carboxylic acids is 1. The molecule has 1 aromatic rings. The highest BCUT2D eigenvalue weighted by Gasteiger charge is 2.23. The number of hydrogen-bond donors (Lipinski definition) is 3. The highest BCUT2D eigenvalue weighted by atomic mass is 16.4. The van der Waals surface area contributed by atoms with E-state index in [2.05, 4.69) is 15.4 Å². The molecule has 1 heterocycles. The number of H-pyrrole nitrogens is 1. The van der Waals surface area contributed by atoms with Crippen LogP contribution in [0.15, 0.2) is 0 Å². The van der Waals surface area contributed by atoms with Crippen LogP contribution in [0, 0.1) is 0 Å². The Bertz CT molecular complexity index is 385. The van der Waals surface area contributed by atoms with Crippen LogP contribution in [0.25, 0.3) is 0 Å². The Kier molecular flexibility index (Phi) is 3.48. The summed E-state index contributed by atoms with van der Waals surface area (Å²) in [5.41, 5.74) is 4.87. The van der Waals surface area contributed by atoms with E-state index in [4.69, 9.17) is 10.8 Å². The van der Waals surface area contributed by atoms with Crippen LogP contribution in [0.1, 0.15) is 10.6 Å². The monoisotopic (exact) mass is 228 g/mol. The summed E-state index contributed by atoms with van der Waals surface area (Å²) < 4.78 is 0. The topological polar surface area (TPSA) is 155 Å². The van der Waals surface area contributed by atoms with Gasteiger partial charge in [0.25, 0.3) is 11.7 Å². The van der Waals surface area contributed by atoms with Crippen molar-refractivity contribution in [3.8, 4) is 0 Å². The lowest BCUT2D eigenvalue weighted by atomic mass is 10.4. The molecule has 1 aromatic heterocycles. The Labute approximate surface area is 88.4 Å². The molecule has 10 nitrogen and oxygen atoms in total. The number of nitrogens with one attached hydrogen (secondary N) is 1. The van der Waals surface area contributed by atoms with Gasteiger partial charge in [-0.05, 0) is 5.21 Å². The lowest BCUT2D eigenvalue weighted by molar-refractivity contribution is -0.138. The average molecular weight is 228 g/mol. The number of aromatic amines is 1. The quantitative estimate of drug-likeness (QED) is 0.491. The number of rotatable bonds is 5. The van der Waals surface area contributed by atoms with Crippen molar-refractivity contribution < 1.29 is 19.5 Å². The van der Waals surface area contributed by atoms with Gasteiger partial charge < -0.3 is 15.7 Å². The number of aliphatic carboxylic acids is 1.